The molecule has 2 aromatic rings. The van der Waals surface area contributed by atoms with Crippen LogP contribution in [0, 0.1) is 0 Å². The lowest BCUT2D eigenvalue weighted by atomic mass is 9.86. The Labute approximate surface area is 145 Å². The Morgan fingerprint density at radius 2 is 1.54 bits per heavy atom. The maximum absolute atomic E-state index is 5.71. The van der Waals surface area contributed by atoms with Crippen molar-refractivity contribution in [3.8, 4) is 5.75 Å². The number of benzene rings is 2. The van der Waals surface area contributed by atoms with Gasteiger partial charge in [0.05, 0.1) is 24.5 Å². The van der Waals surface area contributed by atoms with Gasteiger partial charge in [0.25, 0.3) is 5.78 Å². The molecule has 0 spiro atoms. The molecule has 3 rings (SSSR count). The zero-order valence-corrected chi connectivity index (χ0v) is 15.4. The summed E-state index contributed by atoms with van der Waals surface area (Å²) in [5.41, 5.74) is 3.52. The van der Waals surface area contributed by atoms with Crippen molar-refractivity contribution in [2.24, 2.45) is 0 Å². The second-order valence-electron chi connectivity index (χ2n) is 6.72. The van der Waals surface area contributed by atoms with E-state index >= 15 is 0 Å². The molecule has 0 bridgehead atoms. The van der Waals surface area contributed by atoms with Crippen molar-refractivity contribution in [1.29, 1.82) is 0 Å². The van der Waals surface area contributed by atoms with Crippen molar-refractivity contribution in [2.75, 3.05) is 7.11 Å². The molecule has 4 heteroatoms. The average Bonchev–Trinajstić information content (AvgIpc) is 2.61. The molecule has 0 N–H and O–H groups in total. The average molecular weight is 337 g/mol. The minimum Gasteiger partial charge on any atom is -0.629 e. The van der Waals surface area contributed by atoms with Crippen LogP contribution in [0.25, 0.3) is 5.76 Å². The summed E-state index contributed by atoms with van der Waals surface area (Å²) >= 11 is 0. The van der Waals surface area contributed by atoms with Crippen LogP contribution in [0.2, 0.25) is 0 Å². The fourth-order valence-electron chi connectivity index (χ4n) is 2.46. The van der Waals surface area contributed by atoms with Crippen LogP contribution in [0.15, 0.2) is 54.6 Å². The number of carbonyl (C=O) groups excluding carboxylic acids is 1. The molecule has 123 valence electrons. The van der Waals surface area contributed by atoms with E-state index in [9.17, 15) is 0 Å². The Balaban J connectivity index is 1.86. The fraction of sp³-hybridized carbons (Fsp3) is 0.250. The van der Waals surface area contributed by atoms with Gasteiger partial charge in [-0.3, -0.25) is 0 Å². The second-order valence-corrected chi connectivity index (χ2v) is 7.29. The van der Waals surface area contributed by atoms with Gasteiger partial charge in [0.2, 0.25) is 0 Å². The van der Waals surface area contributed by atoms with E-state index in [0.717, 1.165) is 28.4 Å². The molecule has 2 aromatic carbocycles. The Hall–Kier alpha value is -2.33. The van der Waals surface area contributed by atoms with E-state index in [1.807, 2.05) is 30.3 Å². The zero-order chi connectivity index (χ0) is 17.2. The number of allylic oxidation sites excluding steroid dienone is 1. The summed E-state index contributed by atoms with van der Waals surface area (Å²) in [6, 6.07) is 16.4. The summed E-state index contributed by atoms with van der Waals surface area (Å²) < 4.78 is 16.6. The third-order valence-corrected chi connectivity index (χ3v) is 4.58. The van der Waals surface area contributed by atoms with Crippen LogP contribution in [0.4, 0.5) is 0 Å². The van der Waals surface area contributed by atoms with E-state index in [0.29, 0.717) is 0 Å². The predicted molar refractivity (Wildman–Crippen MR) is 97.3 cm³/mol. The van der Waals surface area contributed by atoms with Gasteiger partial charge in [-0.2, -0.15) is 0 Å². The molecule has 0 aliphatic carbocycles. The Morgan fingerprint density at radius 1 is 0.917 bits per heavy atom. The summed E-state index contributed by atoms with van der Waals surface area (Å²) in [6.07, 6.45) is 1.95. The maximum atomic E-state index is 5.71. The minimum absolute atomic E-state index is 0.0393. The fourth-order valence-corrected chi connectivity index (χ4v) is 3.04. The summed E-state index contributed by atoms with van der Waals surface area (Å²) in [5, 5.41) is 0. The van der Waals surface area contributed by atoms with E-state index in [1.54, 1.807) is 7.11 Å². The van der Waals surface area contributed by atoms with Crippen molar-refractivity contribution in [3.05, 3.63) is 71.3 Å². The molecular formula is C20H21O3Si. The molecular weight excluding hydrogens is 316 g/mol. The third kappa shape index (κ3) is 3.59. The van der Waals surface area contributed by atoms with Crippen molar-refractivity contribution < 1.29 is 13.3 Å². The van der Waals surface area contributed by atoms with Crippen LogP contribution in [0.1, 0.15) is 41.6 Å². The first kappa shape index (κ1) is 16.5. The molecule has 0 aromatic heterocycles. The molecule has 0 amide bonds. The maximum Gasteiger partial charge on any atom is 0.424 e. The standard InChI is InChI=1S/C20H21O3Si/c1-20(2,3)16-9-5-14(6-10-16)18-13-19(23-24-22-18)15-7-11-17(21-4)12-8-15/h5-13H,1-4H3. The molecule has 0 saturated heterocycles. The Bertz CT molecular complexity index is 766. The highest BCUT2D eigenvalue weighted by molar-refractivity contribution is 6.25. The highest BCUT2D eigenvalue weighted by atomic mass is 28.2. The summed E-state index contributed by atoms with van der Waals surface area (Å²) in [6.45, 7) is 6.63. The van der Waals surface area contributed by atoms with E-state index in [1.165, 1.54) is 5.56 Å². The van der Waals surface area contributed by atoms with Crippen molar-refractivity contribution in [1.82, 2.24) is 0 Å². The Morgan fingerprint density at radius 3 is 2.12 bits per heavy atom. The van der Waals surface area contributed by atoms with Gasteiger partial charge in [0.15, 0.2) is 0 Å². The topological polar surface area (TPSA) is 29.8 Å². The van der Waals surface area contributed by atoms with Gasteiger partial charge in [-0.1, -0.05) is 45.0 Å². The van der Waals surface area contributed by atoms with Crippen molar-refractivity contribution >= 4 is 21.5 Å². The van der Waals surface area contributed by atoms with Gasteiger partial charge in [-0.05, 0) is 35.2 Å². The highest BCUT2D eigenvalue weighted by Crippen LogP contribution is 2.26. The number of rotatable bonds is 3. The van der Waals surface area contributed by atoms with Gasteiger partial charge in [-0.25, -0.2) is 0 Å². The molecule has 24 heavy (non-hydrogen) atoms. The molecule has 1 aliphatic rings. The quantitative estimate of drug-likeness (QED) is 0.617. The largest absolute Gasteiger partial charge is 0.629 e. The number of ketones is 1. The third-order valence-electron chi connectivity index (χ3n) is 3.98. The van der Waals surface area contributed by atoms with Gasteiger partial charge in [-0.15, -0.1) is 0 Å². The molecule has 1 heterocycles. The SMILES string of the molecule is COc1ccc(C2=[O+][Si-]OC(c3ccc(C(C)(C)C)cc3)=C2)cc1. The summed E-state index contributed by atoms with van der Waals surface area (Å²) in [5.74, 6) is 2.49. The highest BCUT2D eigenvalue weighted by Gasteiger charge is 2.18. The van der Waals surface area contributed by atoms with Crippen LogP contribution >= 0.6 is 0 Å². The number of hydrogen-bond donors (Lipinski definition) is 0. The van der Waals surface area contributed by atoms with Crippen molar-refractivity contribution in [2.45, 2.75) is 26.2 Å². The normalized spacial score (nSPS) is 14.2. The van der Waals surface area contributed by atoms with Crippen LogP contribution in [0.3, 0.4) is 0 Å². The van der Waals surface area contributed by atoms with Gasteiger partial charge in [0.1, 0.15) is 5.75 Å². The summed E-state index contributed by atoms with van der Waals surface area (Å²) in [4.78, 5) is 0. The molecule has 0 saturated carbocycles. The molecule has 1 aliphatic heterocycles. The van der Waals surface area contributed by atoms with E-state index in [-0.39, 0.29) is 15.4 Å². The van der Waals surface area contributed by atoms with Gasteiger partial charge in [0, 0.05) is 5.56 Å². The lowest BCUT2D eigenvalue weighted by molar-refractivity contribution is -0.101. The predicted octanol–water partition coefficient (Wildman–Crippen LogP) is 4.32. The smallest absolute Gasteiger partial charge is 0.424 e. The molecule has 0 fully saturated rings. The number of methoxy groups -OCH3 is 1. The lowest BCUT2D eigenvalue weighted by Crippen LogP contribution is -2.12. The molecule has 0 atom stereocenters. The molecule has 1 radical (unpaired) electrons. The first-order valence-corrected chi connectivity index (χ1v) is 8.72. The summed E-state index contributed by atoms with van der Waals surface area (Å²) in [7, 11) is 1.62. The van der Waals surface area contributed by atoms with E-state index < -0.39 is 0 Å². The number of ether oxygens (including phenoxy) is 1. The zero-order valence-electron chi connectivity index (χ0n) is 14.4. The Kier molecular flexibility index (Phi) is 4.58. The van der Waals surface area contributed by atoms with Crippen LogP contribution < -0.4 is 4.74 Å². The lowest BCUT2D eigenvalue weighted by Gasteiger charge is -2.21. The first-order chi connectivity index (χ1) is 11.5. The number of hydrogen-bond acceptors (Lipinski definition) is 2. The molecule has 3 nitrogen and oxygen atoms in total. The monoisotopic (exact) mass is 337 g/mol. The first-order valence-electron chi connectivity index (χ1n) is 7.90. The van der Waals surface area contributed by atoms with Crippen molar-refractivity contribution in [3.63, 3.8) is 0 Å². The van der Waals surface area contributed by atoms with Gasteiger partial charge < -0.3 is 13.3 Å². The van der Waals surface area contributed by atoms with Crippen LogP contribution in [-0.2, 0) is 9.84 Å². The van der Waals surface area contributed by atoms with E-state index in [2.05, 4.69) is 45.0 Å². The second kappa shape index (κ2) is 6.65. The van der Waals surface area contributed by atoms with Crippen LogP contribution in [0.5, 0.6) is 5.75 Å². The van der Waals surface area contributed by atoms with Crippen LogP contribution in [-0.4, -0.2) is 22.9 Å². The molecule has 0 unspecified atom stereocenters. The minimum atomic E-state index is -0.0393. The van der Waals surface area contributed by atoms with Gasteiger partial charge >= 0.3 is 10.0 Å². The van der Waals surface area contributed by atoms with E-state index in [4.69, 9.17) is 13.3 Å².